The van der Waals surface area contributed by atoms with Crippen molar-refractivity contribution in [2.45, 2.75) is 39.5 Å². The predicted molar refractivity (Wildman–Crippen MR) is 70.1 cm³/mol. The molecule has 1 aromatic carbocycles. The fourth-order valence-electron chi connectivity index (χ4n) is 1.84. The molecule has 2 N–H and O–H groups in total. The van der Waals surface area contributed by atoms with Crippen LogP contribution in [0.1, 0.15) is 37.8 Å². The highest BCUT2D eigenvalue weighted by atomic mass is 16.3. The van der Waals surface area contributed by atoms with Gasteiger partial charge in [-0.05, 0) is 30.4 Å². The minimum absolute atomic E-state index is 0.0188. The molecule has 17 heavy (non-hydrogen) atoms. The number of hydrogen-bond donors (Lipinski definition) is 2. The second kappa shape index (κ2) is 7.07. The normalized spacial score (nSPS) is 10.3. The van der Waals surface area contributed by atoms with Crippen LogP contribution in [0.3, 0.4) is 0 Å². The van der Waals surface area contributed by atoms with Crippen LogP contribution in [-0.2, 0) is 17.6 Å². The third-order valence-electron chi connectivity index (χ3n) is 2.83. The summed E-state index contributed by atoms with van der Waals surface area (Å²) >= 11 is 0. The summed E-state index contributed by atoms with van der Waals surface area (Å²) < 4.78 is 0. The molecule has 0 saturated carbocycles. The summed E-state index contributed by atoms with van der Waals surface area (Å²) in [6.45, 7) is 4.22. The minimum Gasteiger partial charge on any atom is -0.396 e. The van der Waals surface area contributed by atoms with Crippen LogP contribution in [-0.4, -0.2) is 17.6 Å². The first-order chi connectivity index (χ1) is 8.22. The van der Waals surface area contributed by atoms with Gasteiger partial charge >= 0.3 is 0 Å². The van der Waals surface area contributed by atoms with Gasteiger partial charge in [0.05, 0.1) is 0 Å². The fraction of sp³-hybridized carbons (Fsp3) is 0.500. The number of aliphatic hydroxyl groups is 1. The highest BCUT2D eigenvalue weighted by molar-refractivity contribution is 5.92. The van der Waals surface area contributed by atoms with Crippen LogP contribution in [0.25, 0.3) is 0 Å². The highest BCUT2D eigenvalue weighted by Gasteiger charge is 2.09. The van der Waals surface area contributed by atoms with Gasteiger partial charge in [-0.1, -0.05) is 32.0 Å². The van der Waals surface area contributed by atoms with Crippen LogP contribution in [0.5, 0.6) is 0 Å². The van der Waals surface area contributed by atoms with Crippen molar-refractivity contribution in [2.24, 2.45) is 0 Å². The maximum absolute atomic E-state index is 11.7. The molecule has 1 aromatic rings. The summed E-state index contributed by atoms with van der Waals surface area (Å²) in [6.07, 6.45) is 2.70. The molecule has 3 heteroatoms. The zero-order valence-electron chi connectivity index (χ0n) is 10.6. The number of carbonyl (C=O) groups excluding carboxylic acids is 1. The molecule has 0 bridgehead atoms. The lowest BCUT2D eigenvalue weighted by atomic mass is 10.0. The largest absolute Gasteiger partial charge is 0.396 e. The van der Waals surface area contributed by atoms with Gasteiger partial charge in [0.1, 0.15) is 0 Å². The first kappa shape index (κ1) is 13.7. The number of hydrogen-bond acceptors (Lipinski definition) is 2. The van der Waals surface area contributed by atoms with Gasteiger partial charge in [0.15, 0.2) is 0 Å². The van der Waals surface area contributed by atoms with Crippen LogP contribution in [0.2, 0.25) is 0 Å². The maximum Gasteiger partial charge on any atom is 0.224 e. The van der Waals surface area contributed by atoms with Gasteiger partial charge in [0.25, 0.3) is 0 Å². The van der Waals surface area contributed by atoms with E-state index in [-0.39, 0.29) is 12.5 Å². The number of aryl methyl sites for hydroxylation is 2. The van der Waals surface area contributed by atoms with E-state index in [1.54, 1.807) is 0 Å². The van der Waals surface area contributed by atoms with E-state index in [2.05, 4.69) is 19.2 Å². The van der Waals surface area contributed by atoms with Crippen molar-refractivity contribution in [1.29, 1.82) is 0 Å². The summed E-state index contributed by atoms with van der Waals surface area (Å²) in [5, 5.41) is 11.7. The van der Waals surface area contributed by atoms with E-state index in [9.17, 15) is 4.79 Å². The quantitative estimate of drug-likeness (QED) is 0.796. The monoisotopic (exact) mass is 235 g/mol. The minimum atomic E-state index is -0.0188. The second-order valence-electron chi connectivity index (χ2n) is 4.03. The topological polar surface area (TPSA) is 49.3 Å². The van der Waals surface area contributed by atoms with Crippen LogP contribution in [0.4, 0.5) is 5.69 Å². The van der Waals surface area contributed by atoms with Gasteiger partial charge in [-0.3, -0.25) is 4.79 Å². The summed E-state index contributed by atoms with van der Waals surface area (Å²) in [7, 11) is 0. The summed E-state index contributed by atoms with van der Waals surface area (Å²) in [5.41, 5.74) is 3.30. The third-order valence-corrected chi connectivity index (χ3v) is 2.83. The zero-order valence-corrected chi connectivity index (χ0v) is 10.6. The van der Waals surface area contributed by atoms with Crippen molar-refractivity contribution in [3.05, 3.63) is 29.3 Å². The molecule has 0 saturated heterocycles. The summed E-state index contributed by atoms with van der Waals surface area (Å²) in [5.74, 6) is -0.0188. The Morgan fingerprint density at radius 3 is 2.29 bits per heavy atom. The lowest BCUT2D eigenvalue weighted by Crippen LogP contribution is -2.14. The molecular weight excluding hydrogens is 214 g/mol. The Bertz CT molecular complexity index is 352. The van der Waals surface area contributed by atoms with Gasteiger partial charge in [-0.2, -0.15) is 0 Å². The average molecular weight is 235 g/mol. The molecule has 1 rings (SSSR count). The van der Waals surface area contributed by atoms with Crippen molar-refractivity contribution in [2.75, 3.05) is 11.9 Å². The van der Waals surface area contributed by atoms with Crippen molar-refractivity contribution in [3.63, 3.8) is 0 Å². The standard InChI is InChI=1S/C14H21NO2/c1-3-11-7-5-8-12(4-2)14(11)15-13(17)9-6-10-16/h5,7-8,16H,3-4,6,9-10H2,1-2H3,(H,15,17). The Balaban J connectivity index is 2.83. The first-order valence-corrected chi connectivity index (χ1v) is 6.24. The SMILES string of the molecule is CCc1cccc(CC)c1NC(=O)CCCO. The third kappa shape index (κ3) is 3.86. The molecule has 0 fully saturated rings. The number of para-hydroxylation sites is 1. The van der Waals surface area contributed by atoms with Crippen molar-refractivity contribution >= 4 is 11.6 Å². The number of anilines is 1. The van der Waals surface area contributed by atoms with Gasteiger partial charge in [-0.15, -0.1) is 0 Å². The van der Waals surface area contributed by atoms with Crippen molar-refractivity contribution < 1.29 is 9.90 Å². The van der Waals surface area contributed by atoms with Gasteiger partial charge in [-0.25, -0.2) is 0 Å². The second-order valence-corrected chi connectivity index (χ2v) is 4.03. The van der Waals surface area contributed by atoms with Crippen LogP contribution in [0, 0.1) is 0 Å². The van der Waals surface area contributed by atoms with E-state index in [1.165, 1.54) is 11.1 Å². The number of carbonyl (C=O) groups is 1. The fourth-order valence-corrected chi connectivity index (χ4v) is 1.84. The van der Waals surface area contributed by atoms with Gasteiger partial charge in [0.2, 0.25) is 5.91 Å². The lowest BCUT2D eigenvalue weighted by molar-refractivity contribution is -0.116. The lowest BCUT2D eigenvalue weighted by Gasteiger charge is -2.14. The van der Waals surface area contributed by atoms with Crippen LogP contribution >= 0.6 is 0 Å². The highest BCUT2D eigenvalue weighted by Crippen LogP contribution is 2.22. The molecule has 0 unspecified atom stereocenters. The predicted octanol–water partition coefficient (Wildman–Crippen LogP) is 2.52. The van der Waals surface area contributed by atoms with Crippen LogP contribution < -0.4 is 5.32 Å². The Hall–Kier alpha value is -1.35. The first-order valence-electron chi connectivity index (χ1n) is 6.24. The van der Waals surface area contributed by atoms with Gasteiger partial charge in [0, 0.05) is 18.7 Å². The van der Waals surface area contributed by atoms with E-state index in [1.807, 2.05) is 18.2 Å². The van der Waals surface area contributed by atoms with Crippen molar-refractivity contribution in [1.82, 2.24) is 0 Å². The Morgan fingerprint density at radius 2 is 1.82 bits per heavy atom. The van der Waals surface area contributed by atoms with E-state index in [0.717, 1.165) is 18.5 Å². The molecule has 0 aromatic heterocycles. The molecule has 3 nitrogen and oxygen atoms in total. The number of rotatable bonds is 6. The molecule has 0 aliphatic rings. The zero-order chi connectivity index (χ0) is 12.7. The molecule has 1 amide bonds. The number of benzene rings is 1. The smallest absolute Gasteiger partial charge is 0.224 e. The molecular formula is C14H21NO2. The van der Waals surface area contributed by atoms with Crippen LogP contribution in [0.15, 0.2) is 18.2 Å². The van der Waals surface area contributed by atoms with Crippen molar-refractivity contribution in [3.8, 4) is 0 Å². The average Bonchev–Trinajstić information content (AvgIpc) is 2.36. The molecule has 0 aliphatic heterocycles. The molecule has 0 spiro atoms. The summed E-state index contributed by atoms with van der Waals surface area (Å²) in [4.78, 5) is 11.7. The Labute approximate surface area is 103 Å². The van der Waals surface area contributed by atoms with E-state index < -0.39 is 0 Å². The molecule has 0 atom stereocenters. The number of aliphatic hydroxyl groups excluding tert-OH is 1. The van der Waals surface area contributed by atoms with E-state index in [4.69, 9.17) is 5.11 Å². The number of nitrogens with one attached hydrogen (secondary N) is 1. The number of amides is 1. The molecule has 0 aliphatic carbocycles. The van der Waals surface area contributed by atoms with E-state index >= 15 is 0 Å². The molecule has 0 heterocycles. The van der Waals surface area contributed by atoms with E-state index in [0.29, 0.717) is 12.8 Å². The Morgan fingerprint density at radius 1 is 1.24 bits per heavy atom. The molecule has 94 valence electrons. The maximum atomic E-state index is 11.7. The Kier molecular flexibility index (Phi) is 5.70. The van der Waals surface area contributed by atoms with Gasteiger partial charge < -0.3 is 10.4 Å². The summed E-state index contributed by atoms with van der Waals surface area (Å²) in [6, 6.07) is 6.11. The molecule has 0 radical (unpaired) electrons.